The molecule has 0 saturated carbocycles. The summed E-state index contributed by atoms with van der Waals surface area (Å²) >= 11 is 0. The summed E-state index contributed by atoms with van der Waals surface area (Å²) in [5.74, 6) is 0.0531. The van der Waals surface area contributed by atoms with Crippen LogP contribution in [-0.2, 0) is 12.8 Å². The zero-order chi connectivity index (χ0) is 19.4. The largest absolute Gasteiger partial charge is 0.369 e. The fourth-order valence-corrected chi connectivity index (χ4v) is 3.23. The number of hydrogen-bond acceptors (Lipinski definition) is 4. The maximum Gasteiger partial charge on any atom is 0.262 e. The molecule has 0 fully saturated rings. The van der Waals surface area contributed by atoms with Crippen molar-refractivity contribution in [3.8, 4) is 0 Å². The highest BCUT2D eigenvalue weighted by molar-refractivity contribution is 5.94. The lowest BCUT2D eigenvalue weighted by Gasteiger charge is -2.12. The molecule has 0 radical (unpaired) electrons. The Bertz CT molecular complexity index is 988. The second-order valence-corrected chi connectivity index (χ2v) is 6.85. The fourth-order valence-electron chi connectivity index (χ4n) is 3.23. The van der Waals surface area contributed by atoms with Gasteiger partial charge in [0.2, 0.25) is 5.95 Å². The van der Waals surface area contributed by atoms with Gasteiger partial charge in [-0.25, -0.2) is 0 Å². The van der Waals surface area contributed by atoms with E-state index in [0.29, 0.717) is 23.0 Å². The van der Waals surface area contributed by atoms with Crippen LogP contribution in [-0.4, -0.2) is 26.9 Å². The highest BCUT2D eigenvalue weighted by Gasteiger charge is 2.11. The van der Waals surface area contributed by atoms with E-state index >= 15 is 0 Å². The van der Waals surface area contributed by atoms with Gasteiger partial charge >= 0.3 is 0 Å². The molecule has 0 aliphatic heterocycles. The van der Waals surface area contributed by atoms with Crippen molar-refractivity contribution in [3.05, 3.63) is 57.5 Å². The zero-order valence-corrected chi connectivity index (χ0v) is 15.6. The van der Waals surface area contributed by atoms with Gasteiger partial charge in [-0.1, -0.05) is 25.5 Å². The van der Waals surface area contributed by atoms with E-state index in [1.807, 2.05) is 31.2 Å². The molecular weight excluding hydrogens is 342 g/mol. The number of amides is 1. The van der Waals surface area contributed by atoms with E-state index in [9.17, 15) is 9.59 Å². The number of fused-ring (bicyclic) bond motifs is 1. The van der Waals surface area contributed by atoms with Crippen LogP contribution in [0.5, 0.6) is 0 Å². The minimum absolute atomic E-state index is 0.0469. The van der Waals surface area contributed by atoms with Gasteiger partial charge < -0.3 is 16.0 Å². The fraction of sp³-hybridized carbons (Fsp3) is 0.350. The third-order valence-corrected chi connectivity index (χ3v) is 4.64. The Labute approximate surface area is 157 Å². The molecule has 7 nitrogen and oxygen atoms in total. The van der Waals surface area contributed by atoms with Crippen LogP contribution in [0.3, 0.4) is 0 Å². The third-order valence-electron chi connectivity index (χ3n) is 4.64. The van der Waals surface area contributed by atoms with E-state index in [4.69, 9.17) is 5.73 Å². The number of aryl methyl sites for hydroxylation is 2. The van der Waals surface area contributed by atoms with Crippen molar-refractivity contribution in [3.63, 3.8) is 0 Å². The van der Waals surface area contributed by atoms with Gasteiger partial charge in [0.25, 0.3) is 11.5 Å². The highest BCUT2D eigenvalue weighted by atomic mass is 16.1. The SMILES string of the molecule is CCCC(C)NC(=O)c1ccc(CCc2c[nH]c3nc(N)[nH]c(=O)c23)cc1. The molecule has 0 aliphatic rings. The zero-order valence-electron chi connectivity index (χ0n) is 15.6. The van der Waals surface area contributed by atoms with Crippen LogP contribution in [0.25, 0.3) is 11.0 Å². The summed E-state index contributed by atoms with van der Waals surface area (Å²) in [7, 11) is 0. The molecule has 27 heavy (non-hydrogen) atoms. The average molecular weight is 367 g/mol. The Morgan fingerprint density at radius 3 is 2.70 bits per heavy atom. The van der Waals surface area contributed by atoms with Gasteiger partial charge in [-0.3, -0.25) is 14.6 Å². The maximum atomic E-state index is 12.2. The number of hydrogen-bond donors (Lipinski definition) is 4. The number of carbonyl (C=O) groups is 1. The van der Waals surface area contributed by atoms with Gasteiger partial charge in [0.05, 0.1) is 5.39 Å². The number of rotatable bonds is 7. The summed E-state index contributed by atoms with van der Waals surface area (Å²) in [5, 5.41) is 3.55. The minimum Gasteiger partial charge on any atom is -0.369 e. The summed E-state index contributed by atoms with van der Waals surface area (Å²) in [5.41, 5.74) is 8.48. The monoisotopic (exact) mass is 367 g/mol. The Balaban J connectivity index is 1.66. The third kappa shape index (κ3) is 4.36. The predicted octanol–water partition coefficient (Wildman–Crippen LogP) is 2.54. The van der Waals surface area contributed by atoms with Crippen molar-refractivity contribution in [2.24, 2.45) is 0 Å². The second-order valence-electron chi connectivity index (χ2n) is 6.85. The van der Waals surface area contributed by atoms with Gasteiger partial charge in [0.1, 0.15) is 5.65 Å². The number of H-pyrrole nitrogens is 2. The van der Waals surface area contributed by atoms with Crippen molar-refractivity contribution in [2.45, 2.75) is 45.6 Å². The van der Waals surface area contributed by atoms with E-state index < -0.39 is 0 Å². The predicted molar refractivity (Wildman–Crippen MR) is 107 cm³/mol. The van der Waals surface area contributed by atoms with Crippen LogP contribution in [0, 0.1) is 0 Å². The Morgan fingerprint density at radius 2 is 2.00 bits per heavy atom. The van der Waals surface area contributed by atoms with Crippen molar-refractivity contribution < 1.29 is 4.79 Å². The number of nitrogens with zero attached hydrogens (tertiary/aromatic N) is 1. The van der Waals surface area contributed by atoms with Gasteiger partial charge in [0.15, 0.2) is 0 Å². The summed E-state index contributed by atoms with van der Waals surface area (Å²) in [6, 6.07) is 7.76. The van der Waals surface area contributed by atoms with Crippen molar-refractivity contribution in [2.75, 3.05) is 5.73 Å². The standard InChI is InChI=1S/C20H25N5O2/c1-3-4-12(2)23-18(26)14-8-5-13(6-9-14)7-10-15-11-22-17-16(15)19(27)25-20(21)24-17/h5-6,8-9,11-12H,3-4,7,10H2,1-2H3,(H,23,26)(H4,21,22,24,25,27). The number of anilines is 1. The first-order valence-electron chi connectivity index (χ1n) is 9.23. The van der Waals surface area contributed by atoms with Crippen LogP contribution < -0.4 is 16.6 Å². The minimum atomic E-state index is -0.234. The van der Waals surface area contributed by atoms with Crippen LogP contribution in [0.1, 0.15) is 48.2 Å². The summed E-state index contributed by atoms with van der Waals surface area (Å²) in [6.45, 7) is 4.12. The molecule has 142 valence electrons. The lowest BCUT2D eigenvalue weighted by atomic mass is 10.0. The molecule has 1 amide bonds. The van der Waals surface area contributed by atoms with E-state index in [-0.39, 0.29) is 23.5 Å². The van der Waals surface area contributed by atoms with E-state index in [2.05, 4.69) is 27.2 Å². The molecule has 3 aromatic rings. The van der Waals surface area contributed by atoms with Crippen molar-refractivity contribution in [1.29, 1.82) is 0 Å². The molecule has 0 saturated heterocycles. The molecule has 5 N–H and O–H groups in total. The maximum absolute atomic E-state index is 12.2. The van der Waals surface area contributed by atoms with E-state index in [1.54, 1.807) is 6.20 Å². The average Bonchev–Trinajstić information content (AvgIpc) is 3.03. The molecule has 1 unspecified atom stereocenters. The molecule has 1 atom stereocenters. The smallest absolute Gasteiger partial charge is 0.262 e. The summed E-state index contributed by atoms with van der Waals surface area (Å²) < 4.78 is 0. The molecule has 7 heteroatoms. The lowest BCUT2D eigenvalue weighted by molar-refractivity contribution is 0.0938. The molecule has 0 bridgehead atoms. The van der Waals surface area contributed by atoms with Gasteiger partial charge in [-0.15, -0.1) is 0 Å². The molecule has 1 aromatic carbocycles. The first kappa shape index (κ1) is 18.7. The first-order chi connectivity index (χ1) is 13.0. The van der Waals surface area contributed by atoms with Crippen LogP contribution in [0.4, 0.5) is 5.95 Å². The summed E-state index contributed by atoms with van der Waals surface area (Å²) in [6.07, 6.45) is 5.25. The molecule has 2 aromatic heterocycles. The number of carbonyl (C=O) groups excluding carboxylic acids is 1. The van der Waals surface area contributed by atoms with Gasteiger partial charge in [-0.05, 0) is 49.4 Å². The second kappa shape index (κ2) is 8.07. The van der Waals surface area contributed by atoms with Crippen LogP contribution in [0.2, 0.25) is 0 Å². The Kier molecular flexibility index (Phi) is 5.59. The van der Waals surface area contributed by atoms with Gasteiger partial charge in [0, 0.05) is 17.8 Å². The molecule has 3 rings (SSSR count). The van der Waals surface area contributed by atoms with Gasteiger partial charge in [-0.2, -0.15) is 4.98 Å². The van der Waals surface area contributed by atoms with Crippen molar-refractivity contribution >= 4 is 22.9 Å². The van der Waals surface area contributed by atoms with Crippen molar-refractivity contribution in [1.82, 2.24) is 20.3 Å². The van der Waals surface area contributed by atoms with Crippen LogP contribution in [0.15, 0.2) is 35.3 Å². The normalized spacial score (nSPS) is 12.2. The number of benzene rings is 1. The number of nitrogens with two attached hydrogens (primary N) is 1. The molecule has 0 spiro atoms. The van der Waals surface area contributed by atoms with E-state index in [0.717, 1.165) is 30.4 Å². The van der Waals surface area contributed by atoms with Crippen LogP contribution >= 0.6 is 0 Å². The number of aromatic nitrogens is 3. The number of nitrogen functional groups attached to an aromatic ring is 1. The molecular formula is C20H25N5O2. The number of aromatic amines is 2. The lowest BCUT2D eigenvalue weighted by Crippen LogP contribution is -2.32. The number of nitrogens with one attached hydrogen (secondary N) is 3. The summed E-state index contributed by atoms with van der Waals surface area (Å²) in [4.78, 5) is 34.0. The Morgan fingerprint density at radius 1 is 1.26 bits per heavy atom. The molecule has 0 aliphatic carbocycles. The first-order valence-corrected chi connectivity index (χ1v) is 9.23. The Hall–Kier alpha value is -3.09. The molecule has 2 heterocycles. The quantitative estimate of drug-likeness (QED) is 0.513. The highest BCUT2D eigenvalue weighted by Crippen LogP contribution is 2.16. The van der Waals surface area contributed by atoms with E-state index in [1.165, 1.54) is 0 Å². The topological polar surface area (TPSA) is 117 Å².